The molecule has 0 aromatic heterocycles. The van der Waals surface area contributed by atoms with Crippen LogP contribution in [0.1, 0.15) is 30.4 Å². The predicted molar refractivity (Wildman–Crippen MR) is 59.8 cm³/mol. The Labute approximate surface area is 90.2 Å². The van der Waals surface area contributed by atoms with Gasteiger partial charge >= 0.3 is 0 Å². The molecule has 0 aliphatic rings. The van der Waals surface area contributed by atoms with Crippen LogP contribution in [0, 0.1) is 12.7 Å². The van der Waals surface area contributed by atoms with Gasteiger partial charge in [-0.05, 0) is 37.4 Å². The minimum atomic E-state index is -0.171. The maximum Gasteiger partial charge on any atom is 0.133 e. The van der Waals surface area contributed by atoms with Gasteiger partial charge in [0.2, 0.25) is 0 Å². The van der Waals surface area contributed by atoms with E-state index in [2.05, 4.69) is 0 Å². The third-order valence-electron chi connectivity index (χ3n) is 2.65. The third kappa shape index (κ3) is 2.48. The van der Waals surface area contributed by atoms with Crippen molar-refractivity contribution in [2.24, 2.45) is 5.73 Å². The summed E-state index contributed by atoms with van der Waals surface area (Å²) in [6, 6.07) is 3.54. The Morgan fingerprint density at radius 3 is 2.67 bits per heavy atom. The van der Waals surface area contributed by atoms with Crippen molar-refractivity contribution in [2.75, 3.05) is 13.7 Å². The number of aryl methyl sites for hydroxylation is 1. The van der Waals surface area contributed by atoms with Crippen molar-refractivity contribution in [3.63, 3.8) is 0 Å². The molecule has 1 rings (SSSR count). The molecule has 84 valence electrons. The van der Waals surface area contributed by atoms with Gasteiger partial charge < -0.3 is 10.5 Å². The zero-order valence-electron chi connectivity index (χ0n) is 9.51. The van der Waals surface area contributed by atoms with E-state index in [1.54, 1.807) is 26.2 Å². The fraction of sp³-hybridized carbons (Fsp3) is 0.500. The van der Waals surface area contributed by atoms with E-state index in [9.17, 15) is 4.39 Å². The highest BCUT2D eigenvalue weighted by Gasteiger charge is 2.17. The molecule has 0 radical (unpaired) electrons. The molecular weight excluding hydrogens is 193 g/mol. The number of halogens is 1. The lowest BCUT2D eigenvalue weighted by molar-refractivity contribution is 0.398. The summed E-state index contributed by atoms with van der Waals surface area (Å²) < 4.78 is 19.1. The predicted octanol–water partition coefficient (Wildman–Crippen LogP) is 2.60. The highest BCUT2D eigenvalue weighted by molar-refractivity contribution is 5.40. The Kier molecular flexibility index (Phi) is 4.09. The van der Waals surface area contributed by atoms with Gasteiger partial charge in [0, 0.05) is 5.56 Å². The van der Waals surface area contributed by atoms with E-state index in [1.807, 2.05) is 6.92 Å². The second kappa shape index (κ2) is 5.12. The van der Waals surface area contributed by atoms with E-state index in [0.29, 0.717) is 23.4 Å². The van der Waals surface area contributed by atoms with E-state index in [0.717, 1.165) is 6.42 Å². The Morgan fingerprint density at radius 2 is 2.13 bits per heavy atom. The zero-order valence-corrected chi connectivity index (χ0v) is 9.51. The first-order valence-corrected chi connectivity index (χ1v) is 5.14. The lowest BCUT2D eigenvalue weighted by Gasteiger charge is -2.17. The molecule has 1 aromatic carbocycles. The molecule has 0 heterocycles. The van der Waals surface area contributed by atoms with Gasteiger partial charge in [-0.15, -0.1) is 0 Å². The number of hydrogen-bond donors (Lipinski definition) is 1. The van der Waals surface area contributed by atoms with Gasteiger partial charge in [0.25, 0.3) is 0 Å². The maximum atomic E-state index is 13.9. The van der Waals surface area contributed by atoms with Crippen LogP contribution in [-0.2, 0) is 0 Å². The first-order chi connectivity index (χ1) is 7.11. The monoisotopic (exact) mass is 211 g/mol. The van der Waals surface area contributed by atoms with Crippen molar-refractivity contribution in [1.29, 1.82) is 0 Å². The van der Waals surface area contributed by atoms with Gasteiger partial charge in [-0.1, -0.05) is 13.0 Å². The Bertz CT molecular complexity index is 339. The van der Waals surface area contributed by atoms with Crippen LogP contribution in [0.4, 0.5) is 4.39 Å². The van der Waals surface area contributed by atoms with Crippen LogP contribution < -0.4 is 10.5 Å². The summed E-state index contributed by atoms with van der Waals surface area (Å²) in [6.07, 6.45) is 0.761. The number of nitrogens with two attached hydrogens (primary N) is 1. The van der Waals surface area contributed by atoms with Crippen molar-refractivity contribution in [1.82, 2.24) is 0 Å². The van der Waals surface area contributed by atoms with E-state index >= 15 is 0 Å². The SMILES string of the molecule is COc1ccc(C)c(F)c1C(C)CCN. The molecule has 0 saturated carbocycles. The van der Waals surface area contributed by atoms with Gasteiger partial charge in [-0.25, -0.2) is 4.39 Å². The van der Waals surface area contributed by atoms with Gasteiger partial charge in [-0.2, -0.15) is 0 Å². The smallest absolute Gasteiger partial charge is 0.133 e. The standard InChI is InChI=1S/C12H18FNO/c1-8(6-7-14)11-10(15-3)5-4-9(2)12(11)13/h4-5,8H,6-7,14H2,1-3H3. The van der Waals surface area contributed by atoms with Crippen LogP contribution in [-0.4, -0.2) is 13.7 Å². The molecule has 0 fully saturated rings. The van der Waals surface area contributed by atoms with E-state index < -0.39 is 0 Å². The van der Waals surface area contributed by atoms with E-state index in [4.69, 9.17) is 10.5 Å². The summed E-state index contributed by atoms with van der Waals surface area (Å²) in [4.78, 5) is 0. The molecule has 3 heteroatoms. The number of benzene rings is 1. The van der Waals surface area contributed by atoms with Gasteiger partial charge in [0.15, 0.2) is 0 Å². The molecule has 2 N–H and O–H groups in total. The summed E-state index contributed by atoms with van der Waals surface area (Å²) in [5, 5.41) is 0. The van der Waals surface area contributed by atoms with Crippen LogP contribution in [0.25, 0.3) is 0 Å². The van der Waals surface area contributed by atoms with Crippen LogP contribution in [0.2, 0.25) is 0 Å². The maximum absolute atomic E-state index is 13.9. The Balaban J connectivity index is 3.17. The highest BCUT2D eigenvalue weighted by Crippen LogP contribution is 2.32. The van der Waals surface area contributed by atoms with Crippen molar-refractivity contribution in [3.8, 4) is 5.75 Å². The second-order valence-corrected chi connectivity index (χ2v) is 3.79. The second-order valence-electron chi connectivity index (χ2n) is 3.79. The number of rotatable bonds is 4. The average Bonchev–Trinajstić information content (AvgIpc) is 2.22. The molecule has 0 spiro atoms. The minimum Gasteiger partial charge on any atom is -0.496 e. The van der Waals surface area contributed by atoms with Gasteiger partial charge in [-0.3, -0.25) is 0 Å². The lowest BCUT2D eigenvalue weighted by atomic mass is 9.94. The molecule has 0 amide bonds. The van der Waals surface area contributed by atoms with Crippen molar-refractivity contribution >= 4 is 0 Å². The molecule has 1 unspecified atom stereocenters. The summed E-state index contributed by atoms with van der Waals surface area (Å²) in [6.45, 7) is 4.28. The number of methoxy groups -OCH3 is 1. The Hall–Kier alpha value is -1.09. The summed E-state index contributed by atoms with van der Waals surface area (Å²) >= 11 is 0. The molecule has 0 aliphatic carbocycles. The molecule has 15 heavy (non-hydrogen) atoms. The number of hydrogen-bond acceptors (Lipinski definition) is 2. The lowest BCUT2D eigenvalue weighted by Crippen LogP contribution is -2.08. The van der Waals surface area contributed by atoms with Crippen LogP contribution >= 0.6 is 0 Å². The average molecular weight is 211 g/mol. The summed E-state index contributed by atoms with van der Waals surface area (Å²) in [5.41, 5.74) is 6.77. The highest BCUT2D eigenvalue weighted by atomic mass is 19.1. The first kappa shape index (κ1) is 12.0. The van der Waals surface area contributed by atoms with Crippen molar-refractivity contribution in [2.45, 2.75) is 26.2 Å². The van der Waals surface area contributed by atoms with E-state index in [-0.39, 0.29) is 11.7 Å². The molecule has 0 saturated heterocycles. The topological polar surface area (TPSA) is 35.2 Å². The quantitative estimate of drug-likeness (QED) is 0.830. The molecule has 1 atom stereocenters. The fourth-order valence-corrected chi connectivity index (χ4v) is 1.72. The minimum absolute atomic E-state index is 0.0878. The number of ether oxygens (including phenoxy) is 1. The molecule has 2 nitrogen and oxygen atoms in total. The normalized spacial score (nSPS) is 12.6. The molecule has 0 bridgehead atoms. The summed E-state index contributed by atoms with van der Waals surface area (Å²) in [5.74, 6) is 0.527. The molecule has 0 aliphatic heterocycles. The van der Waals surface area contributed by atoms with Crippen LogP contribution in [0.15, 0.2) is 12.1 Å². The van der Waals surface area contributed by atoms with Gasteiger partial charge in [0.05, 0.1) is 7.11 Å². The zero-order chi connectivity index (χ0) is 11.4. The van der Waals surface area contributed by atoms with Crippen molar-refractivity contribution < 1.29 is 9.13 Å². The summed E-state index contributed by atoms with van der Waals surface area (Å²) in [7, 11) is 1.56. The van der Waals surface area contributed by atoms with Crippen LogP contribution in [0.5, 0.6) is 5.75 Å². The molecule has 1 aromatic rings. The van der Waals surface area contributed by atoms with Crippen LogP contribution in [0.3, 0.4) is 0 Å². The third-order valence-corrected chi connectivity index (χ3v) is 2.65. The van der Waals surface area contributed by atoms with Crippen molar-refractivity contribution in [3.05, 3.63) is 29.1 Å². The fourth-order valence-electron chi connectivity index (χ4n) is 1.72. The molecular formula is C12H18FNO. The Morgan fingerprint density at radius 1 is 1.47 bits per heavy atom. The van der Waals surface area contributed by atoms with Gasteiger partial charge in [0.1, 0.15) is 11.6 Å². The largest absolute Gasteiger partial charge is 0.496 e. The van der Waals surface area contributed by atoms with E-state index in [1.165, 1.54) is 0 Å². The first-order valence-electron chi connectivity index (χ1n) is 5.14.